The lowest BCUT2D eigenvalue weighted by Gasteiger charge is -2.26. The molecule has 1 atom stereocenters. The highest BCUT2D eigenvalue weighted by Crippen LogP contribution is 2.26. The quantitative estimate of drug-likeness (QED) is 0.454. The summed E-state index contributed by atoms with van der Waals surface area (Å²) in [5.41, 5.74) is 1.44. The number of nitrogens with zero attached hydrogens (tertiary/aromatic N) is 1. The highest BCUT2D eigenvalue weighted by Gasteiger charge is 2.24. The van der Waals surface area contributed by atoms with E-state index in [4.69, 9.17) is 11.3 Å². The summed E-state index contributed by atoms with van der Waals surface area (Å²) >= 11 is 0. The summed E-state index contributed by atoms with van der Waals surface area (Å²) in [5.74, 6) is 6.55. The van der Waals surface area contributed by atoms with Gasteiger partial charge in [0.15, 0.2) is 0 Å². The lowest BCUT2D eigenvalue weighted by Crippen LogP contribution is -2.28. The van der Waals surface area contributed by atoms with Gasteiger partial charge in [-0.25, -0.2) is 0 Å². The molecule has 1 aliphatic carbocycles. The Balaban J connectivity index is 2.62. The fourth-order valence-electron chi connectivity index (χ4n) is 1.65. The van der Waals surface area contributed by atoms with Crippen molar-refractivity contribution < 1.29 is 0 Å². The first-order valence-corrected chi connectivity index (χ1v) is 4.49. The predicted molar refractivity (Wildman–Crippen MR) is 51.5 cm³/mol. The Hall–Kier alpha value is -0.860. The molecule has 0 aromatic carbocycles. The van der Waals surface area contributed by atoms with Crippen molar-refractivity contribution in [1.29, 1.82) is 5.41 Å². The zero-order chi connectivity index (χ0) is 9.14. The minimum absolute atomic E-state index is 0.634. The first-order valence-electron chi connectivity index (χ1n) is 4.49. The Labute approximate surface area is 73.5 Å². The Morgan fingerprint density at radius 1 is 1.58 bits per heavy atom. The third kappa shape index (κ3) is 1.84. The Morgan fingerprint density at radius 3 is 2.75 bits per heavy atom. The molecule has 1 aliphatic rings. The Morgan fingerprint density at radius 2 is 2.25 bits per heavy atom. The van der Waals surface area contributed by atoms with E-state index in [0.29, 0.717) is 17.5 Å². The van der Waals surface area contributed by atoms with Gasteiger partial charge in [0.05, 0.1) is 11.4 Å². The van der Waals surface area contributed by atoms with Crippen molar-refractivity contribution in [2.24, 2.45) is 22.8 Å². The van der Waals surface area contributed by atoms with Crippen LogP contribution in [-0.2, 0) is 0 Å². The largest absolute Gasteiger partial charge is 0.323 e. The fraction of sp³-hybridized carbons (Fsp3) is 0.778. The van der Waals surface area contributed by atoms with Crippen LogP contribution >= 0.6 is 0 Å². The van der Waals surface area contributed by atoms with Gasteiger partial charge in [-0.1, -0.05) is 13.8 Å². The Bertz CT molecular complexity index is 206. The second-order valence-corrected chi connectivity index (χ2v) is 3.80. The third-order valence-corrected chi connectivity index (χ3v) is 2.67. The number of hydrazone groups is 1. The van der Waals surface area contributed by atoms with Crippen LogP contribution in [0.2, 0.25) is 0 Å². The van der Waals surface area contributed by atoms with E-state index in [9.17, 15) is 0 Å². The van der Waals surface area contributed by atoms with E-state index in [1.54, 1.807) is 0 Å². The second-order valence-electron chi connectivity index (χ2n) is 3.80. The normalized spacial score (nSPS) is 28.4. The van der Waals surface area contributed by atoms with Gasteiger partial charge >= 0.3 is 0 Å². The lowest BCUT2D eigenvalue weighted by atomic mass is 9.80. The molecule has 1 rings (SSSR count). The number of rotatable bonds is 1. The van der Waals surface area contributed by atoms with Crippen molar-refractivity contribution in [2.45, 2.75) is 33.1 Å². The smallest absolute Gasteiger partial charge is 0.0810 e. The molecule has 0 heterocycles. The SMILES string of the molecule is CC(C)C1CCC(=N)C(=NN)C1. The molecule has 0 aliphatic heterocycles. The van der Waals surface area contributed by atoms with Crippen LogP contribution < -0.4 is 5.84 Å². The molecule has 3 nitrogen and oxygen atoms in total. The van der Waals surface area contributed by atoms with Crippen LogP contribution in [0.5, 0.6) is 0 Å². The molecular formula is C9H17N3. The van der Waals surface area contributed by atoms with Crippen LogP contribution in [0.3, 0.4) is 0 Å². The molecule has 1 saturated carbocycles. The van der Waals surface area contributed by atoms with Crippen LogP contribution in [0.25, 0.3) is 0 Å². The molecule has 1 fully saturated rings. The summed E-state index contributed by atoms with van der Waals surface area (Å²) in [6.07, 6.45) is 2.86. The molecular weight excluding hydrogens is 150 g/mol. The summed E-state index contributed by atoms with van der Waals surface area (Å²) < 4.78 is 0. The minimum Gasteiger partial charge on any atom is -0.323 e. The first-order chi connectivity index (χ1) is 5.65. The van der Waals surface area contributed by atoms with Gasteiger partial charge in [-0.2, -0.15) is 5.10 Å². The van der Waals surface area contributed by atoms with Gasteiger partial charge in [-0.15, -0.1) is 0 Å². The highest BCUT2D eigenvalue weighted by molar-refractivity contribution is 6.41. The lowest BCUT2D eigenvalue weighted by molar-refractivity contribution is 0.371. The summed E-state index contributed by atoms with van der Waals surface area (Å²) in [6.45, 7) is 4.43. The number of nitrogens with two attached hydrogens (primary N) is 1. The van der Waals surface area contributed by atoms with Crippen molar-refractivity contribution in [3.63, 3.8) is 0 Å². The molecule has 0 radical (unpaired) electrons. The van der Waals surface area contributed by atoms with Gasteiger partial charge in [0, 0.05) is 0 Å². The van der Waals surface area contributed by atoms with E-state index in [2.05, 4.69) is 18.9 Å². The molecule has 0 aromatic rings. The van der Waals surface area contributed by atoms with Crippen LogP contribution in [0, 0.1) is 17.2 Å². The Kier molecular flexibility index (Phi) is 2.84. The summed E-state index contributed by atoms with van der Waals surface area (Å²) in [4.78, 5) is 0. The predicted octanol–water partition coefficient (Wildman–Crippen LogP) is 1.78. The zero-order valence-electron chi connectivity index (χ0n) is 7.80. The fourth-order valence-corrected chi connectivity index (χ4v) is 1.65. The maximum atomic E-state index is 7.57. The average molecular weight is 167 g/mol. The van der Waals surface area contributed by atoms with Crippen molar-refractivity contribution >= 4 is 11.4 Å². The molecule has 3 heteroatoms. The number of hydrogen-bond donors (Lipinski definition) is 2. The molecule has 12 heavy (non-hydrogen) atoms. The molecule has 3 N–H and O–H groups in total. The summed E-state index contributed by atoms with van der Waals surface area (Å²) in [7, 11) is 0. The van der Waals surface area contributed by atoms with E-state index in [1.165, 1.54) is 0 Å². The van der Waals surface area contributed by atoms with Crippen LogP contribution in [0.1, 0.15) is 33.1 Å². The molecule has 0 bridgehead atoms. The molecule has 0 amide bonds. The molecule has 0 saturated heterocycles. The maximum absolute atomic E-state index is 7.57. The van der Waals surface area contributed by atoms with Gasteiger partial charge in [-0.3, -0.25) is 0 Å². The number of nitrogens with one attached hydrogen (secondary N) is 1. The zero-order valence-corrected chi connectivity index (χ0v) is 7.80. The van der Waals surface area contributed by atoms with E-state index in [-0.39, 0.29) is 0 Å². The van der Waals surface area contributed by atoms with E-state index < -0.39 is 0 Å². The van der Waals surface area contributed by atoms with E-state index in [0.717, 1.165) is 25.0 Å². The highest BCUT2D eigenvalue weighted by atomic mass is 15.1. The van der Waals surface area contributed by atoms with Gasteiger partial charge < -0.3 is 11.3 Å². The van der Waals surface area contributed by atoms with Crippen molar-refractivity contribution in [3.8, 4) is 0 Å². The minimum atomic E-state index is 0.634. The second kappa shape index (κ2) is 3.70. The van der Waals surface area contributed by atoms with Crippen molar-refractivity contribution in [3.05, 3.63) is 0 Å². The standard InChI is InChI=1S/C9H17N3/c1-6(2)7-3-4-8(10)9(5-7)12-11/h6-7,10H,3-5,11H2,1-2H3. The van der Waals surface area contributed by atoms with E-state index >= 15 is 0 Å². The first kappa shape index (κ1) is 9.23. The van der Waals surface area contributed by atoms with Crippen molar-refractivity contribution in [1.82, 2.24) is 0 Å². The van der Waals surface area contributed by atoms with Crippen LogP contribution in [-0.4, -0.2) is 11.4 Å². The van der Waals surface area contributed by atoms with Crippen LogP contribution in [0.15, 0.2) is 5.10 Å². The summed E-state index contributed by atoms with van der Waals surface area (Å²) in [5, 5.41) is 11.2. The molecule has 1 unspecified atom stereocenters. The van der Waals surface area contributed by atoms with Gasteiger partial charge in [0.1, 0.15) is 0 Å². The molecule has 0 spiro atoms. The average Bonchev–Trinajstić information content (AvgIpc) is 2.05. The third-order valence-electron chi connectivity index (χ3n) is 2.67. The topological polar surface area (TPSA) is 62.2 Å². The van der Waals surface area contributed by atoms with Gasteiger partial charge in [0.2, 0.25) is 0 Å². The van der Waals surface area contributed by atoms with Crippen LogP contribution in [0.4, 0.5) is 0 Å². The maximum Gasteiger partial charge on any atom is 0.0810 e. The molecule has 68 valence electrons. The number of hydrogen-bond acceptors (Lipinski definition) is 3. The van der Waals surface area contributed by atoms with Crippen molar-refractivity contribution in [2.75, 3.05) is 0 Å². The van der Waals surface area contributed by atoms with Gasteiger partial charge in [-0.05, 0) is 31.1 Å². The molecule has 0 aromatic heterocycles. The summed E-state index contributed by atoms with van der Waals surface area (Å²) in [6, 6.07) is 0. The van der Waals surface area contributed by atoms with E-state index in [1.807, 2.05) is 0 Å². The van der Waals surface area contributed by atoms with Gasteiger partial charge in [0.25, 0.3) is 0 Å². The monoisotopic (exact) mass is 167 g/mol.